The fourth-order valence-electron chi connectivity index (χ4n) is 3.25. The predicted molar refractivity (Wildman–Crippen MR) is 100 cm³/mol. The monoisotopic (exact) mass is 354 g/mol. The quantitative estimate of drug-likeness (QED) is 0.390. The maximum absolute atomic E-state index is 12.0. The van der Waals surface area contributed by atoms with Gasteiger partial charge in [-0.1, -0.05) is 42.5 Å². The van der Waals surface area contributed by atoms with Gasteiger partial charge in [-0.25, -0.2) is 5.43 Å². The minimum Gasteiger partial charge on any atom is -0.508 e. The summed E-state index contributed by atoms with van der Waals surface area (Å²) in [4.78, 5) is 14.9. The molecule has 26 heavy (non-hydrogen) atoms. The van der Waals surface area contributed by atoms with E-state index in [9.17, 15) is 9.90 Å². The van der Waals surface area contributed by atoms with Crippen LogP contribution in [0.25, 0.3) is 0 Å². The zero-order chi connectivity index (χ0) is 18.2. The van der Waals surface area contributed by atoms with E-state index in [4.69, 9.17) is 0 Å². The number of hydrazone groups is 1. The minimum atomic E-state index is -0.0806. The van der Waals surface area contributed by atoms with Gasteiger partial charge < -0.3 is 14.9 Å². The molecule has 6 heteroatoms. The van der Waals surface area contributed by atoms with E-state index in [1.54, 1.807) is 23.1 Å². The molecule has 0 saturated carbocycles. The first-order valence-corrected chi connectivity index (χ1v) is 9.01. The summed E-state index contributed by atoms with van der Waals surface area (Å²) in [6.07, 6.45) is 1.54. The Bertz CT molecular complexity index is 740. The third-order valence-corrected chi connectivity index (χ3v) is 4.64. The number of aromatic hydroxyl groups is 1. The third kappa shape index (κ3) is 5.68. The van der Waals surface area contributed by atoms with Gasteiger partial charge in [0.2, 0.25) is 0 Å². The van der Waals surface area contributed by atoms with Gasteiger partial charge in [-0.2, -0.15) is 5.10 Å². The Labute approximate surface area is 153 Å². The summed E-state index contributed by atoms with van der Waals surface area (Å²) in [7, 11) is 0. The Kier molecular flexibility index (Phi) is 6.35. The second-order valence-electron chi connectivity index (χ2n) is 6.73. The molecule has 1 amide bonds. The molecule has 6 nitrogen and oxygen atoms in total. The average Bonchev–Trinajstić information content (AvgIpc) is 2.64. The van der Waals surface area contributed by atoms with Crippen molar-refractivity contribution in [3.8, 4) is 5.75 Å². The van der Waals surface area contributed by atoms with Crippen LogP contribution in [0.3, 0.4) is 0 Å². The zero-order valence-corrected chi connectivity index (χ0v) is 14.8. The number of piperazine rings is 1. The summed E-state index contributed by atoms with van der Waals surface area (Å²) in [5.74, 6) is 0.100. The molecule has 0 atom stereocenters. The Hall–Kier alpha value is -2.70. The van der Waals surface area contributed by atoms with Crippen molar-refractivity contribution in [1.29, 1.82) is 0 Å². The topological polar surface area (TPSA) is 70.6 Å². The number of nitrogens with one attached hydrogen (secondary N) is 3. The highest BCUT2D eigenvalue weighted by Crippen LogP contribution is 2.08. The second kappa shape index (κ2) is 9.12. The molecule has 136 valence electrons. The van der Waals surface area contributed by atoms with E-state index in [2.05, 4.69) is 34.8 Å². The van der Waals surface area contributed by atoms with E-state index in [1.807, 2.05) is 12.1 Å². The lowest BCUT2D eigenvalue weighted by molar-refractivity contribution is -1.02. The number of rotatable bonds is 6. The molecule has 4 N–H and O–H groups in total. The van der Waals surface area contributed by atoms with Crippen molar-refractivity contribution in [2.24, 2.45) is 5.10 Å². The molecule has 1 aliphatic rings. The molecule has 0 aliphatic carbocycles. The molecule has 3 rings (SSSR count). The highest BCUT2D eigenvalue weighted by Gasteiger charge is 2.24. The number of phenols is 1. The van der Waals surface area contributed by atoms with Gasteiger partial charge in [0.15, 0.2) is 6.54 Å². The Balaban J connectivity index is 1.38. The molecule has 0 spiro atoms. The van der Waals surface area contributed by atoms with Crippen LogP contribution in [0.4, 0.5) is 0 Å². The molecule has 0 unspecified atom stereocenters. The molecule has 0 radical (unpaired) electrons. The summed E-state index contributed by atoms with van der Waals surface area (Å²) >= 11 is 0. The summed E-state index contributed by atoms with van der Waals surface area (Å²) in [5.41, 5.74) is 4.68. The molecule has 0 aromatic heterocycles. The van der Waals surface area contributed by atoms with Crippen molar-refractivity contribution in [3.63, 3.8) is 0 Å². The van der Waals surface area contributed by atoms with Gasteiger partial charge in [-0.05, 0) is 17.7 Å². The first-order chi connectivity index (χ1) is 12.7. The number of amides is 1. The lowest BCUT2D eigenvalue weighted by Gasteiger charge is -2.29. The van der Waals surface area contributed by atoms with Crippen molar-refractivity contribution in [2.45, 2.75) is 6.54 Å². The van der Waals surface area contributed by atoms with E-state index < -0.39 is 0 Å². The zero-order valence-electron chi connectivity index (χ0n) is 14.8. The van der Waals surface area contributed by atoms with E-state index >= 15 is 0 Å². The standard InChI is InChI=1S/C20H24N4O2/c25-19-8-4-7-18(13-19)14-21-22-20(26)16-24-11-9-23(10-12-24)15-17-5-2-1-3-6-17/h1-8,13-14,25H,9-12,15-16H2,(H,22,26)/p+2/b21-14-. The average molecular weight is 354 g/mol. The normalized spacial score (nSPS) is 20.2. The molecule has 1 fully saturated rings. The van der Waals surface area contributed by atoms with Crippen molar-refractivity contribution >= 4 is 12.1 Å². The van der Waals surface area contributed by atoms with Crippen molar-refractivity contribution in [1.82, 2.24) is 5.43 Å². The molecule has 1 saturated heterocycles. The predicted octanol–water partition coefficient (Wildman–Crippen LogP) is -1.17. The molecular formula is C20H26N4O2+2. The van der Waals surface area contributed by atoms with Gasteiger partial charge in [0.05, 0.1) is 6.21 Å². The van der Waals surface area contributed by atoms with Crippen LogP contribution in [-0.2, 0) is 11.3 Å². The largest absolute Gasteiger partial charge is 0.508 e. The van der Waals surface area contributed by atoms with Crippen LogP contribution in [0, 0.1) is 0 Å². The molecule has 0 bridgehead atoms. The summed E-state index contributed by atoms with van der Waals surface area (Å²) in [6, 6.07) is 17.3. The minimum absolute atomic E-state index is 0.0806. The first kappa shape index (κ1) is 18.1. The van der Waals surface area contributed by atoms with Gasteiger partial charge in [0.1, 0.15) is 38.5 Å². The van der Waals surface area contributed by atoms with E-state index in [1.165, 1.54) is 16.7 Å². The van der Waals surface area contributed by atoms with Gasteiger partial charge in [0.25, 0.3) is 5.91 Å². The fraction of sp³-hybridized carbons (Fsp3) is 0.300. The van der Waals surface area contributed by atoms with Crippen LogP contribution >= 0.6 is 0 Å². The SMILES string of the molecule is O=C(C[NH+]1CC[NH+](Cc2ccccc2)CC1)N/N=C\c1cccc(O)c1. The van der Waals surface area contributed by atoms with E-state index in [0.29, 0.717) is 6.54 Å². The van der Waals surface area contributed by atoms with Crippen molar-refractivity contribution in [3.05, 3.63) is 65.7 Å². The van der Waals surface area contributed by atoms with Gasteiger partial charge in [-0.15, -0.1) is 0 Å². The maximum Gasteiger partial charge on any atom is 0.295 e. The lowest BCUT2D eigenvalue weighted by Crippen LogP contribution is -3.28. The maximum atomic E-state index is 12.0. The Morgan fingerprint density at radius 1 is 1.04 bits per heavy atom. The number of carbonyl (C=O) groups is 1. The smallest absolute Gasteiger partial charge is 0.295 e. The number of carbonyl (C=O) groups excluding carboxylic acids is 1. The van der Waals surface area contributed by atoms with Crippen molar-refractivity contribution in [2.75, 3.05) is 32.7 Å². The molecule has 2 aromatic carbocycles. The summed E-state index contributed by atoms with van der Waals surface area (Å²) < 4.78 is 0. The van der Waals surface area contributed by atoms with Crippen LogP contribution in [0.1, 0.15) is 11.1 Å². The molecule has 2 aromatic rings. The number of hydrogen-bond donors (Lipinski definition) is 4. The van der Waals surface area contributed by atoms with Crippen LogP contribution in [0.2, 0.25) is 0 Å². The van der Waals surface area contributed by atoms with E-state index in [0.717, 1.165) is 38.3 Å². The summed E-state index contributed by atoms with van der Waals surface area (Å²) in [6.45, 7) is 5.62. The highest BCUT2D eigenvalue weighted by molar-refractivity contribution is 5.83. The first-order valence-electron chi connectivity index (χ1n) is 9.01. The van der Waals surface area contributed by atoms with Crippen molar-refractivity contribution < 1.29 is 19.7 Å². The lowest BCUT2D eigenvalue weighted by atomic mass is 10.2. The fourth-order valence-corrected chi connectivity index (χ4v) is 3.25. The number of benzene rings is 2. The molecular weight excluding hydrogens is 328 g/mol. The number of quaternary nitrogens is 2. The Morgan fingerprint density at radius 2 is 1.77 bits per heavy atom. The Morgan fingerprint density at radius 3 is 2.50 bits per heavy atom. The highest BCUT2D eigenvalue weighted by atomic mass is 16.3. The molecule has 1 aliphatic heterocycles. The van der Waals surface area contributed by atoms with Crippen LogP contribution in [0.15, 0.2) is 59.7 Å². The van der Waals surface area contributed by atoms with Crippen LogP contribution < -0.4 is 15.2 Å². The second-order valence-corrected chi connectivity index (χ2v) is 6.73. The number of phenolic OH excluding ortho intramolecular Hbond substituents is 1. The van der Waals surface area contributed by atoms with Crippen LogP contribution in [-0.4, -0.2) is 50.0 Å². The van der Waals surface area contributed by atoms with Gasteiger partial charge in [-0.3, -0.25) is 4.79 Å². The summed E-state index contributed by atoms with van der Waals surface area (Å²) in [5, 5.41) is 13.4. The third-order valence-electron chi connectivity index (χ3n) is 4.64. The van der Waals surface area contributed by atoms with Gasteiger partial charge >= 0.3 is 0 Å². The van der Waals surface area contributed by atoms with E-state index in [-0.39, 0.29) is 11.7 Å². The number of nitrogens with zero attached hydrogens (tertiary/aromatic N) is 1. The molecule has 1 heterocycles. The number of hydrogen-bond acceptors (Lipinski definition) is 3. The van der Waals surface area contributed by atoms with Gasteiger partial charge in [0, 0.05) is 5.56 Å². The van der Waals surface area contributed by atoms with Crippen LogP contribution in [0.5, 0.6) is 5.75 Å².